The van der Waals surface area contributed by atoms with Crippen LogP contribution in [0.2, 0.25) is 0 Å². The van der Waals surface area contributed by atoms with Crippen LogP contribution in [0.5, 0.6) is 0 Å². The van der Waals surface area contributed by atoms with Crippen molar-refractivity contribution in [2.24, 2.45) is 34.5 Å². The molecule has 11 rings (SSSR count). The summed E-state index contributed by atoms with van der Waals surface area (Å²) >= 11 is 0. The first-order chi connectivity index (χ1) is 30.5. The van der Waals surface area contributed by atoms with Gasteiger partial charge in [-0.1, -0.05) is 121 Å². The first kappa shape index (κ1) is 43.4. The zero-order valence-corrected chi connectivity index (χ0v) is 42.8. The molecule has 4 heteroatoms. The Hall–Kier alpha value is -4.18. The van der Waals surface area contributed by atoms with Gasteiger partial charge in [-0.05, 0) is 190 Å². The molecule has 3 nitrogen and oxygen atoms in total. The second-order valence-corrected chi connectivity index (χ2v) is 26.1. The molecule has 1 aromatic heterocycles. The standard InChI is InChI=1S/C61H77BN2O/c1-35(2)41-22-24-59(10,11)45-31-43-53(32-42(41)45)65-56-55(43)64(49-30-39(57(5,6)7)19-18-37(49)4)52-28-36(3)27-51-54(52)62(56)48-33-46-47(61(14,15)26-25-60(46,12)13)34-50(48)63(51)40-20-21-44-38(29-40)17-16-23-58(44,8)9/h19-21,27-31,33-35,37,41-42H,16-18,22-26,32H2,1-15H3. The quantitative estimate of drug-likeness (QED) is 0.169. The summed E-state index contributed by atoms with van der Waals surface area (Å²) in [6.45, 7) is 36.8. The molecule has 7 aliphatic rings. The number of fused-ring (bicyclic) bond motifs is 9. The summed E-state index contributed by atoms with van der Waals surface area (Å²) in [5.74, 6) is 3.36. The van der Waals surface area contributed by atoms with E-state index in [1.807, 2.05) is 0 Å². The highest BCUT2D eigenvalue weighted by Crippen LogP contribution is 2.57. The minimum Gasteiger partial charge on any atom is -0.472 e. The average molecular weight is 865 g/mol. The molecule has 0 saturated heterocycles. The smallest absolute Gasteiger partial charge is 0.297 e. The summed E-state index contributed by atoms with van der Waals surface area (Å²) in [4.78, 5) is 5.45. The first-order valence-corrected chi connectivity index (χ1v) is 25.8. The van der Waals surface area contributed by atoms with E-state index in [1.165, 1.54) is 128 Å². The molecule has 0 spiro atoms. The lowest BCUT2D eigenvalue weighted by molar-refractivity contribution is 0.155. The number of allylic oxidation sites excluding steroid dienone is 5. The summed E-state index contributed by atoms with van der Waals surface area (Å²) < 4.78 is 7.79. The van der Waals surface area contributed by atoms with Crippen molar-refractivity contribution in [3.8, 4) is 0 Å². The summed E-state index contributed by atoms with van der Waals surface area (Å²) in [7, 11) is 0. The molecule has 1 fully saturated rings. The predicted octanol–water partition coefficient (Wildman–Crippen LogP) is 14.8. The van der Waals surface area contributed by atoms with Crippen molar-refractivity contribution in [2.75, 3.05) is 9.80 Å². The van der Waals surface area contributed by atoms with Gasteiger partial charge in [0, 0.05) is 46.3 Å². The first-order valence-electron chi connectivity index (χ1n) is 25.8. The number of hydrogen-bond donors (Lipinski definition) is 0. The van der Waals surface area contributed by atoms with Gasteiger partial charge >= 0.3 is 0 Å². The number of furan rings is 1. The van der Waals surface area contributed by atoms with E-state index in [1.54, 1.807) is 5.57 Å². The molecule has 4 aromatic rings. The SMILES string of the molecule is Cc1cc2c3c(c1)N(c1ccc4c(c1)CCCC4(C)C)c1cc4c(cc1B3c1oc3c(c1N2C1=CC(C(C)(C)C)=CCC1C)C=C1C(C3)C(C(C)C)CCC1(C)C)C(C)(C)CCC4(C)C. The summed E-state index contributed by atoms with van der Waals surface area (Å²) in [6, 6.07) is 17.9. The molecule has 340 valence electrons. The largest absolute Gasteiger partial charge is 0.472 e. The van der Waals surface area contributed by atoms with Crippen LogP contribution in [-0.2, 0) is 29.1 Å². The van der Waals surface area contributed by atoms with Crippen LogP contribution in [0.3, 0.4) is 0 Å². The van der Waals surface area contributed by atoms with Gasteiger partial charge in [0.05, 0.1) is 11.3 Å². The monoisotopic (exact) mass is 865 g/mol. The van der Waals surface area contributed by atoms with Gasteiger partial charge in [-0.25, -0.2) is 0 Å². The van der Waals surface area contributed by atoms with Gasteiger partial charge in [0.25, 0.3) is 6.71 Å². The lowest BCUT2D eigenvalue weighted by atomic mass is 9.35. The highest BCUT2D eigenvalue weighted by atomic mass is 16.3. The van der Waals surface area contributed by atoms with Gasteiger partial charge < -0.3 is 14.2 Å². The van der Waals surface area contributed by atoms with Crippen molar-refractivity contribution in [1.82, 2.24) is 0 Å². The van der Waals surface area contributed by atoms with Crippen LogP contribution >= 0.6 is 0 Å². The van der Waals surface area contributed by atoms with E-state index in [2.05, 4.69) is 174 Å². The van der Waals surface area contributed by atoms with Crippen molar-refractivity contribution >= 4 is 57.8 Å². The predicted molar refractivity (Wildman–Crippen MR) is 279 cm³/mol. The molecule has 0 radical (unpaired) electrons. The molecule has 0 N–H and O–H groups in total. The number of aryl methyl sites for hydroxylation is 2. The number of benzene rings is 3. The summed E-state index contributed by atoms with van der Waals surface area (Å²) in [6.07, 6.45) is 18.3. The van der Waals surface area contributed by atoms with Crippen LogP contribution in [-0.4, -0.2) is 6.71 Å². The Bertz CT molecular complexity index is 2770. The Morgan fingerprint density at radius 2 is 1.43 bits per heavy atom. The number of nitrogens with zero attached hydrogens (tertiary/aromatic N) is 2. The fourth-order valence-electron chi connectivity index (χ4n) is 14.3. The van der Waals surface area contributed by atoms with Crippen molar-refractivity contribution in [3.05, 3.63) is 111 Å². The highest BCUT2D eigenvalue weighted by Gasteiger charge is 2.52. The molecule has 0 bridgehead atoms. The molecule has 5 aliphatic carbocycles. The minimum absolute atomic E-state index is 0.0298. The summed E-state index contributed by atoms with van der Waals surface area (Å²) in [5.41, 5.74) is 24.3. The van der Waals surface area contributed by atoms with Gasteiger partial charge in [-0.15, -0.1) is 0 Å². The zero-order valence-electron chi connectivity index (χ0n) is 42.8. The van der Waals surface area contributed by atoms with Crippen molar-refractivity contribution in [3.63, 3.8) is 0 Å². The van der Waals surface area contributed by atoms with Gasteiger partial charge in [0.1, 0.15) is 5.76 Å². The Morgan fingerprint density at radius 1 is 0.754 bits per heavy atom. The lowest BCUT2D eigenvalue weighted by Crippen LogP contribution is -2.62. The Morgan fingerprint density at radius 3 is 2.12 bits per heavy atom. The second-order valence-electron chi connectivity index (χ2n) is 26.1. The van der Waals surface area contributed by atoms with E-state index in [0.29, 0.717) is 23.7 Å². The maximum atomic E-state index is 7.79. The van der Waals surface area contributed by atoms with E-state index in [0.717, 1.165) is 24.9 Å². The molecule has 3 atom stereocenters. The Kier molecular flexibility index (Phi) is 9.47. The van der Waals surface area contributed by atoms with Crippen LogP contribution in [0.25, 0.3) is 6.08 Å². The van der Waals surface area contributed by atoms with Gasteiger partial charge in [0.2, 0.25) is 0 Å². The third-order valence-electron chi connectivity index (χ3n) is 18.4. The molecule has 2 aliphatic heterocycles. The number of hydrogen-bond acceptors (Lipinski definition) is 3. The average Bonchev–Trinajstić information content (AvgIpc) is 3.59. The van der Waals surface area contributed by atoms with Crippen LogP contribution < -0.4 is 26.4 Å². The summed E-state index contributed by atoms with van der Waals surface area (Å²) in [5, 5.41) is 0. The van der Waals surface area contributed by atoms with E-state index in [-0.39, 0.29) is 33.8 Å². The second kappa shape index (κ2) is 14.2. The molecule has 1 saturated carbocycles. The zero-order chi connectivity index (χ0) is 46.1. The van der Waals surface area contributed by atoms with E-state index in [4.69, 9.17) is 4.42 Å². The van der Waals surface area contributed by atoms with Crippen molar-refractivity contribution in [2.45, 2.75) is 178 Å². The maximum absolute atomic E-state index is 7.79. The van der Waals surface area contributed by atoms with Crippen LogP contribution in [0, 0.1) is 41.4 Å². The molecule has 3 heterocycles. The number of rotatable bonds is 3. The minimum atomic E-state index is -0.0298. The topological polar surface area (TPSA) is 19.6 Å². The molecule has 3 aromatic carbocycles. The maximum Gasteiger partial charge on any atom is 0.297 e. The third kappa shape index (κ3) is 6.47. The van der Waals surface area contributed by atoms with Gasteiger partial charge in [-0.3, -0.25) is 0 Å². The normalized spacial score (nSPS) is 25.3. The van der Waals surface area contributed by atoms with Crippen LogP contribution in [0.15, 0.2) is 75.9 Å². The van der Waals surface area contributed by atoms with E-state index < -0.39 is 0 Å². The van der Waals surface area contributed by atoms with Crippen LogP contribution in [0.4, 0.5) is 28.4 Å². The molecular formula is C61H77BN2O. The van der Waals surface area contributed by atoms with E-state index >= 15 is 0 Å². The molecule has 65 heavy (non-hydrogen) atoms. The fraction of sp³-hybridized carbons (Fsp3) is 0.541. The molecule has 3 unspecified atom stereocenters. The van der Waals surface area contributed by atoms with Gasteiger partial charge in [0.15, 0.2) is 0 Å². The van der Waals surface area contributed by atoms with Crippen molar-refractivity contribution in [1.29, 1.82) is 0 Å². The lowest BCUT2D eigenvalue weighted by Gasteiger charge is -2.48. The van der Waals surface area contributed by atoms with Crippen molar-refractivity contribution < 1.29 is 4.42 Å². The molecule has 0 amide bonds. The Labute approximate surface area is 393 Å². The van der Waals surface area contributed by atoms with Gasteiger partial charge in [-0.2, -0.15) is 0 Å². The van der Waals surface area contributed by atoms with E-state index in [9.17, 15) is 0 Å². The number of anilines is 5. The highest BCUT2D eigenvalue weighted by molar-refractivity contribution is 6.99. The molecular weight excluding hydrogens is 787 g/mol. The fourth-order valence-corrected chi connectivity index (χ4v) is 14.3. The third-order valence-corrected chi connectivity index (χ3v) is 18.4. The Balaban J connectivity index is 1.24. The van der Waals surface area contributed by atoms with Crippen LogP contribution in [0.1, 0.15) is 181 Å².